The Labute approximate surface area is 172 Å². The van der Waals surface area contributed by atoms with Crippen LogP contribution in [-0.4, -0.2) is 54.9 Å². The van der Waals surface area contributed by atoms with Crippen molar-refractivity contribution in [2.24, 2.45) is 0 Å². The number of thiazole rings is 1. The van der Waals surface area contributed by atoms with Gasteiger partial charge in [0.05, 0.1) is 23.8 Å². The van der Waals surface area contributed by atoms with Crippen molar-refractivity contribution in [1.29, 1.82) is 0 Å². The third-order valence-corrected chi connectivity index (χ3v) is 7.05. The second kappa shape index (κ2) is 8.37. The molecule has 10 heteroatoms. The Balaban J connectivity index is 1.45. The lowest BCUT2D eigenvalue weighted by molar-refractivity contribution is 0.0730. The molecular formula is C19H18N4O4S2. The molecule has 0 atom stereocenters. The smallest absolute Gasteiger partial charge is 0.257 e. The van der Waals surface area contributed by atoms with Gasteiger partial charge in [-0.1, -0.05) is 6.07 Å². The Hall–Kier alpha value is -2.66. The molecule has 1 N–H and O–H groups in total. The average Bonchev–Trinajstić information content (AvgIpc) is 3.23. The number of rotatable bonds is 5. The SMILES string of the molecule is O=C(Nc1nc(-c2ccccn2)cs1)c1ccc(S(=O)(=O)N2CCOCC2)cc1. The van der Waals surface area contributed by atoms with Gasteiger partial charge < -0.3 is 4.74 Å². The van der Waals surface area contributed by atoms with E-state index in [0.29, 0.717) is 42.7 Å². The van der Waals surface area contributed by atoms with Crippen LogP contribution in [0.3, 0.4) is 0 Å². The molecule has 29 heavy (non-hydrogen) atoms. The Morgan fingerprint density at radius 2 is 1.83 bits per heavy atom. The Morgan fingerprint density at radius 3 is 2.52 bits per heavy atom. The number of benzene rings is 1. The van der Waals surface area contributed by atoms with Gasteiger partial charge in [-0.25, -0.2) is 13.4 Å². The van der Waals surface area contributed by atoms with E-state index < -0.39 is 10.0 Å². The van der Waals surface area contributed by atoms with Crippen LogP contribution in [0.5, 0.6) is 0 Å². The molecule has 1 aliphatic rings. The summed E-state index contributed by atoms with van der Waals surface area (Å²) in [6.07, 6.45) is 1.68. The van der Waals surface area contributed by atoms with Crippen molar-refractivity contribution < 1.29 is 17.9 Å². The van der Waals surface area contributed by atoms with Gasteiger partial charge in [0.1, 0.15) is 5.69 Å². The van der Waals surface area contributed by atoms with E-state index in [1.165, 1.54) is 39.9 Å². The molecule has 1 aromatic carbocycles. The highest BCUT2D eigenvalue weighted by molar-refractivity contribution is 7.89. The number of aromatic nitrogens is 2. The zero-order valence-corrected chi connectivity index (χ0v) is 16.9. The predicted molar refractivity (Wildman–Crippen MR) is 109 cm³/mol. The van der Waals surface area contributed by atoms with Crippen molar-refractivity contribution in [2.45, 2.75) is 4.90 Å². The largest absolute Gasteiger partial charge is 0.379 e. The van der Waals surface area contributed by atoms with Crippen LogP contribution in [0.2, 0.25) is 0 Å². The molecule has 1 fully saturated rings. The minimum Gasteiger partial charge on any atom is -0.379 e. The first-order valence-corrected chi connectivity index (χ1v) is 11.2. The average molecular weight is 431 g/mol. The normalized spacial score (nSPS) is 15.2. The molecule has 150 valence electrons. The molecule has 0 radical (unpaired) electrons. The summed E-state index contributed by atoms with van der Waals surface area (Å²) in [6, 6.07) is 11.4. The van der Waals surface area contributed by atoms with E-state index in [-0.39, 0.29) is 10.8 Å². The van der Waals surface area contributed by atoms with Crippen LogP contribution in [0.1, 0.15) is 10.4 Å². The number of hydrogen-bond donors (Lipinski definition) is 1. The molecule has 0 unspecified atom stereocenters. The molecule has 3 aromatic rings. The Morgan fingerprint density at radius 1 is 1.07 bits per heavy atom. The number of sulfonamides is 1. The summed E-state index contributed by atoms with van der Waals surface area (Å²) >= 11 is 1.30. The van der Waals surface area contributed by atoms with E-state index in [1.54, 1.807) is 6.20 Å². The predicted octanol–water partition coefficient (Wildman–Crippen LogP) is 2.48. The summed E-state index contributed by atoms with van der Waals surface area (Å²) in [7, 11) is -3.59. The van der Waals surface area contributed by atoms with Gasteiger partial charge in [-0.05, 0) is 36.4 Å². The van der Waals surface area contributed by atoms with Gasteiger partial charge >= 0.3 is 0 Å². The highest BCUT2D eigenvalue weighted by Gasteiger charge is 2.26. The van der Waals surface area contributed by atoms with Gasteiger partial charge in [-0.2, -0.15) is 4.31 Å². The number of carbonyl (C=O) groups excluding carboxylic acids is 1. The molecule has 0 saturated carbocycles. The number of nitrogens with zero attached hydrogens (tertiary/aromatic N) is 3. The maximum absolute atomic E-state index is 12.7. The summed E-state index contributed by atoms with van der Waals surface area (Å²) in [5.41, 5.74) is 1.75. The fourth-order valence-corrected chi connectivity index (χ4v) is 4.95. The second-order valence-electron chi connectivity index (χ2n) is 6.25. The van der Waals surface area contributed by atoms with E-state index in [2.05, 4.69) is 15.3 Å². The van der Waals surface area contributed by atoms with Crippen LogP contribution < -0.4 is 5.32 Å². The molecule has 0 spiro atoms. The number of pyridine rings is 1. The molecule has 4 rings (SSSR count). The number of nitrogens with one attached hydrogen (secondary N) is 1. The molecule has 8 nitrogen and oxygen atoms in total. The van der Waals surface area contributed by atoms with E-state index >= 15 is 0 Å². The Kier molecular flexibility index (Phi) is 5.67. The number of anilines is 1. The van der Waals surface area contributed by atoms with Gasteiger partial charge in [0, 0.05) is 30.2 Å². The van der Waals surface area contributed by atoms with E-state index in [0.717, 1.165) is 5.69 Å². The van der Waals surface area contributed by atoms with Crippen LogP contribution >= 0.6 is 11.3 Å². The van der Waals surface area contributed by atoms with E-state index in [4.69, 9.17) is 4.74 Å². The standard InChI is InChI=1S/C19H18N4O4S2/c24-18(22-19-21-17(13-28-19)16-3-1-2-8-20-16)14-4-6-15(7-5-14)29(25,26)23-9-11-27-12-10-23/h1-8,13H,9-12H2,(H,21,22,24). The maximum Gasteiger partial charge on any atom is 0.257 e. The molecule has 0 bridgehead atoms. The lowest BCUT2D eigenvalue weighted by atomic mass is 10.2. The van der Waals surface area contributed by atoms with Crippen LogP contribution in [-0.2, 0) is 14.8 Å². The summed E-state index contributed by atoms with van der Waals surface area (Å²) < 4.78 is 31.9. The van der Waals surface area contributed by atoms with Gasteiger partial charge in [0.25, 0.3) is 5.91 Å². The van der Waals surface area contributed by atoms with Gasteiger partial charge in [0.2, 0.25) is 10.0 Å². The summed E-state index contributed by atoms with van der Waals surface area (Å²) in [6.45, 7) is 1.42. The number of amides is 1. The Bertz CT molecular complexity index is 1090. The van der Waals surface area contributed by atoms with Crippen molar-refractivity contribution in [2.75, 3.05) is 31.6 Å². The third-order valence-electron chi connectivity index (χ3n) is 4.38. The topological polar surface area (TPSA) is 101 Å². The highest BCUT2D eigenvalue weighted by Crippen LogP contribution is 2.24. The minimum absolute atomic E-state index is 0.155. The first-order valence-electron chi connectivity index (χ1n) is 8.90. The van der Waals surface area contributed by atoms with Crippen LogP contribution in [0, 0.1) is 0 Å². The molecule has 3 heterocycles. The van der Waals surface area contributed by atoms with E-state index in [9.17, 15) is 13.2 Å². The van der Waals surface area contributed by atoms with Gasteiger partial charge in [0.15, 0.2) is 5.13 Å². The van der Waals surface area contributed by atoms with Crippen molar-refractivity contribution in [1.82, 2.24) is 14.3 Å². The molecule has 1 amide bonds. The highest BCUT2D eigenvalue weighted by atomic mass is 32.2. The van der Waals surface area contributed by atoms with Crippen molar-refractivity contribution in [3.8, 4) is 11.4 Å². The molecule has 2 aromatic heterocycles. The fourth-order valence-electron chi connectivity index (χ4n) is 2.85. The fraction of sp³-hybridized carbons (Fsp3) is 0.211. The number of carbonyl (C=O) groups is 1. The van der Waals surface area contributed by atoms with Crippen molar-refractivity contribution in [3.05, 3.63) is 59.6 Å². The quantitative estimate of drug-likeness (QED) is 0.667. The third kappa shape index (κ3) is 4.35. The van der Waals surface area contributed by atoms with Crippen LogP contribution in [0.4, 0.5) is 5.13 Å². The van der Waals surface area contributed by atoms with Crippen molar-refractivity contribution in [3.63, 3.8) is 0 Å². The van der Waals surface area contributed by atoms with Crippen LogP contribution in [0.15, 0.2) is 58.9 Å². The van der Waals surface area contributed by atoms with Crippen LogP contribution in [0.25, 0.3) is 11.4 Å². The summed E-state index contributed by atoms with van der Waals surface area (Å²) in [5, 5.41) is 4.99. The number of morpholine rings is 1. The first-order chi connectivity index (χ1) is 14.0. The second-order valence-corrected chi connectivity index (χ2v) is 9.04. The molecule has 0 aliphatic carbocycles. The summed E-state index contributed by atoms with van der Waals surface area (Å²) in [5.74, 6) is -0.359. The zero-order valence-electron chi connectivity index (χ0n) is 15.3. The monoisotopic (exact) mass is 430 g/mol. The number of hydrogen-bond acceptors (Lipinski definition) is 7. The number of ether oxygens (including phenoxy) is 1. The van der Waals surface area contributed by atoms with Crippen molar-refractivity contribution >= 4 is 32.4 Å². The lowest BCUT2D eigenvalue weighted by Crippen LogP contribution is -2.40. The van der Waals surface area contributed by atoms with E-state index in [1.807, 2.05) is 23.6 Å². The molecular weight excluding hydrogens is 412 g/mol. The maximum atomic E-state index is 12.7. The van der Waals surface area contributed by atoms with Gasteiger partial charge in [-0.15, -0.1) is 11.3 Å². The molecule has 1 aliphatic heterocycles. The summed E-state index contributed by atoms with van der Waals surface area (Å²) in [4.78, 5) is 21.2. The first kappa shape index (κ1) is 19.6. The minimum atomic E-state index is -3.59. The molecule has 1 saturated heterocycles. The van der Waals surface area contributed by atoms with Gasteiger partial charge in [-0.3, -0.25) is 15.1 Å². The zero-order chi connectivity index (χ0) is 20.3. The lowest BCUT2D eigenvalue weighted by Gasteiger charge is -2.26.